The predicted octanol–water partition coefficient (Wildman–Crippen LogP) is 1.87. The lowest BCUT2D eigenvalue weighted by molar-refractivity contribution is 0.0392. The van der Waals surface area contributed by atoms with Gasteiger partial charge in [0.15, 0.2) is 0 Å². The van der Waals surface area contributed by atoms with E-state index in [4.69, 9.17) is 4.74 Å². The lowest BCUT2D eigenvalue weighted by atomic mass is 10.0. The molecular weight excluding hydrogens is 274 g/mol. The molecule has 3 rings (SSSR count). The zero-order valence-corrected chi connectivity index (χ0v) is 12.6. The molecule has 5 heteroatoms. The molecule has 0 bridgehead atoms. The Hall–Kier alpha value is -0.910. The zero-order valence-electron chi connectivity index (χ0n) is 11.7. The van der Waals surface area contributed by atoms with Gasteiger partial charge in [-0.1, -0.05) is 30.3 Å². The summed E-state index contributed by atoms with van der Waals surface area (Å²) in [5.41, 5.74) is 1.20. The molecule has 1 unspecified atom stereocenters. The van der Waals surface area contributed by atoms with Gasteiger partial charge in [0.2, 0.25) is 10.0 Å². The highest BCUT2D eigenvalue weighted by atomic mass is 32.2. The van der Waals surface area contributed by atoms with Crippen molar-refractivity contribution in [2.75, 3.05) is 19.3 Å². The molecule has 4 nitrogen and oxygen atoms in total. The maximum absolute atomic E-state index is 11.6. The molecular formula is C15H21NO3S. The maximum Gasteiger partial charge on any atom is 0.211 e. The van der Waals surface area contributed by atoms with E-state index in [2.05, 4.69) is 12.1 Å². The summed E-state index contributed by atoms with van der Waals surface area (Å²) < 4.78 is 30.7. The molecule has 2 aliphatic rings. The van der Waals surface area contributed by atoms with E-state index in [0.29, 0.717) is 31.5 Å². The third-order valence-corrected chi connectivity index (χ3v) is 5.71. The van der Waals surface area contributed by atoms with Crippen molar-refractivity contribution < 1.29 is 13.2 Å². The molecule has 1 aliphatic carbocycles. The highest BCUT2D eigenvalue weighted by molar-refractivity contribution is 7.88. The summed E-state index contributed by atoms with van der Waals surface area (Å²) in [6, 6.07) is 10.2. The first-order valence-corrected chi connectivity index (χ1v) is 8.98. The number of fused-ring (bicyclic) bond motifs is 1. The van der Waals surface area contributed by atoms with Crippen LogP contribution < -0.4 is 0 Å². The van der Waals surface area contributed by atoms with E-state index in [9.17, 15) is 8.42 Å². The Morgan fingerprint density at radius 1 is 1.15 bits per heavy atom. The normalized spacial score (nSPS) is 30.6. The number of sulfonamides is 1. The number of benzene rings is 1. The van der Waals surface area contributed by atoms with Crippen molar-refractivity contribution >= 4 is 10.0 Å². The Kier molecular flexibility index (Phi) is 3.84. The summed E-state index contributed by atoms with van der Waals surface area (Å²) in [5.74, 6) is 0.955. The first-order valence-electron chi connectivity index (χ1n) is 7.13. The zero-order chi connectivity index (χ0) is 14.2. The number of hydrogen-bond donors (Lipinski definition) is 0. The minimum atomic E-state index is -3.02. The third kappa shape index (κ3) is 3.05. The standard InChI is InChI=1S/C15H21NO3S/c1-20(17,18)16-9-13-7-15(8-14(13)10-16)19-11-12-5-3-2-4-6-12/h2-6,13-15H,7-11H2,1H3/t13-,14+,15?. The van der Waals surface area contributed by atoms with Gasteiger partial charge in [-0.2, -0.15) is 0 Å². The van der Waals surface area contributed by atoms with Gasteiger partial charge in [0.05, 0.1) is 19.0 Å². The van der Waals surface area contributed by atoms with E-state index < -0.39 is 10.0 Å². The topological polar surface area (TPSA) is 46.6 Å². The monoisotopic (exact) mass is 295 g/mol. The smallest absolute Gasteiger partial charge is 0.211 e. The summed E-state index contributed by atoms with van der Waals surface area (Å²) in [4.78, 5) is 0. The quantitative estimate of drug-likeness (QED) is 0.852. The second-order valence-electron chi connectivity index (χ2n) is 5.99. The number of ether oxygens (including phenoxy) is 1. The molecule has 110 valence electrons. The first-order chi connectivity index (χ1) is 9.52. The molecule has 20 heavy (non-hydrogen) atoms. The lowest BCUT2D eigenvalue weighted by Gasteiger charge is -2.17. The van der Waals surface area contributed by atoms with Gasteiger partial charge in [0, 0.05) is 13.1 Å². The number of hydrogen-bond acceptors (Lipinski definition) is 3. The fraction of sp³-hybridized carbons (Fsp3) is 0.600. The molecule has 0 aromatic heterocycles. The van der Waals surface area contributed by atoms with Crippen molar-refractivity contribution in [3.8, 4) is 0 Å². The summed E-state index contributed by atoms with van der Waals surface area (Å²) in [6.07, 6.45) is 3.57. The Balaban J connectivity index is 1.51. The van der Waals surface area contributed by atoms with E-state index >= 15 is 0 Å². The van der Waals surface area contributed by atoms with E-state index in [1.807, 2.05) is 18.2 Å². The molecule has 3 atom stereocenters. The van der Waals surface area contributed by atoms with E-state index in [0.717, 1.165) is 12.8 Å². The Bertz CT molecular complexity index is 544. The second-order valence-corrected chi connectivity index (χ2v) is 7.97. The molecule has 1 saturated carbocycles. The average Bonchev–Trinajstić information content (AvgIpc) is 2.95. The molecule has 0 radical (unpaired) electrons. The van der Waals surface area contributed by atoms with Crippen LogP contribution in [0.4, 0.5) is 0 Å². The lowest BCUT2D eigenvalue weighted by Crippen LogP contribution is -2.29. The van der Waals surface area contributed by atoms with Crippen LogP contribution >= 0.6 is 0 Å². The summed E-state index contributed by atoms with van der Waals surface area (Å²) >= 11 is 0. The van der Waals surface area contributed by atoms with Gasteiger partial charge in [-0.15, -0.1) is 0 Å². The molecule has 1 aromatic carbocycles. The van der Waals surface area contributed by atoms with Crippen LogP contribution in [0.3, 0.4) is 0 Å². The summed E-state index contributed by atoms with van der Waals surface area (Å²) in [5, 5.41) is 0. The van der Waals surface area contributed by atoms with Crippen LogP contribution in [0.15, 0.2) is 30.3 Å². The van der Waals surface area contributed by atoms with Crippen molar-refractivity contribution in [3.05, 3.63) is 35.9 Å². The van der Waals surface area contributed by atoms with Crippen LogP contribution in [-0.4, -0.2) is 38.2 Å². The van der Waals surface area contributed by atoms with Gasteiger partial charge in [0.1, 0.15) is 0 Å². The van der Waals surface area contributed by atoms with Crippen LogP contribution in [0.25, 0.3) is 0 Å². The Morgan fingerprint density at radius 2 is 1.75 bits per heavy atom. The van der Waals surface area contributed by atoms with Crippen molar-refractivity contribution in [3.63, 3.8) is 0 Å². The van der Waals surface area contributed by atoms with Crippen LogP contribution in [0.2, 0.25) is 0 Å². The van der Waals surface area contributed by atoms with Crippen LogP contribution in [0.1, 0.15) is 18.4 Å². The summed E-state index contributed by atoms with van der Waals surface area (Å²) in [6.45, 7) is 2.00. The highest BCUT2D eigenvalue weighted by Gasteiger charge is 2.43. The minimum absolute atomic E-state index is 0.284. The molecule has 1 aliphatic heterocycles. The fourth-order valence-corrected chi connectivity index (χ4v) is 4.32. The molecule has 1 saturated heterocycles. The largest absolute Gasteiger partial charge is 0.374 e. The fourth-order valence-electron chi connectivity index (χ4n) is 3.40. The minimum Gasteiger partial charge on any atom is -0.374 e. The van der Waals surface area contributed by atoms with Gasteiger partial charge in [0.25, 0.3) is 0 Å². The van der Waals surface area contributed by atoms with Gasteiger partial charge < -0.3 is 4.74 Å². The van der Waals surface area contributed by atoms with Crippen molar-refractivity contribution in [1.29, 1.82) is 0 Å². The predicted molar refractivity (Wildman–Crippen MR) is 77.6 cm³/mol. The van der Waals surface area contributed by atoms with E-state index in [1.54, 1.807) is 4.31 Å². The first kappa shape index (κ1) is 14.0. The van der Waals surface area contributed by atoms with Gasteiger partial charge >= 0.3 is 0 Å². The van der Waals surface area contributed by atoms with E-state index in [-0.39, 0.29) is 6.10 Å². The van der Waals surface area contributed by atoms with Gasteiger partial charge in [-0.3, -0.25) is 0 Å². The highest BCUT2D eigenvalue weighted by Crippen LogP contribution is 2.40. The van der Waals surface area contributed by atoms with Crippen molar-refractivity contribution in [2.45, 2.75) is 25.6 Å². The molecule has 1 heterocycles. The van der Waals surface area contributed by atoms with Gasteiger partial charge in [-0.05, 0) is 30.2 Å². The number of nitrogens with zero attached hydrogens (tertiary/aromatic N) is 1. The average molecular weight is 295 g/mol. The van der Waals surface area contributed by atoms with Crippen LogP contribution in [0.5, 0.6) is 0 Å². The second kappa shape index (κ2) is 5.47. The SMILES string of the molecule is CS(=O)(=O)N1C[C@H]2CC(OCc3ccccc3)C[C@H]2C1. The third-order valence-electron chi connectivity index (χ3n) is 4.47. The van der Waals surface area contributed by atoms with E-state index in [1.165, 1.54) is 11.8 Å². The maximum atomic E-state index is 11.6. The van der Waals surface area contributed by atoms with Crippen LogP contribution in [-0.2, 0) is 21.4 Å². The molecule has 0 N–H and O–H groups in total. The summed E-state index contributed by atoms with van der Waals surface area (Å²) in [7, 11) is -3.02. The Labute approximate surface area is 120 Å². The van der Waals surface area contributed by atoms with Crippen molar-refractivity contribution in [1.82, 2.24) is 4.31 Å². The molecule has 0 amide bonds. The molecule has 2 fully saturated rings. The van der Waals surface area contributed by atoms with Crippen molar-refractivity contribution in [2.24, 2.45) is 11.8 Å². The molecule has 0 spiro atoms. The molecule has 1 aromatic rings. The Morgan fingerprint density at radius 3 is 2.30 bits per heavy atom. The van der Waals surface area contributed by atoms with Gasteiger partial charge in [-0.25, -0.2) is 12.7 Å². The van der Waals surface area contributed by atoms with Crippen LogP contribution in [0, 0.1) is 11.8 Å². The number of rotatable bonds is 4.